The van der Waals surface area contributed by atoms with Gasteiger partial charge in [0.05, 0.1) is 0 Å². The molecule has 0 radical (unpaired) electrons. The fraction of sp³-hybridized carbons (Fsp3) is 0.154. The van der Waals surface area contributed by atoms with Gasteiger partial charge >= 0.3 is 0 Å². The maximum atomic E-state index is 6.04. The Balaban J connectivity index is 2.12. The summed E-state index contributed by atoms with van der Waals surface area (Å²) in [5.74, 6) is 0.733. The molecule has 1 aromatic carbocycles. The Bertz CT molecular complexity index is 488. The van der Waals surface area contributed by atoms with E-state index >= 15 is 0 Å². The fourth-order valence-electron chi connectivity index (χ4n) is 1.51. The SMILES string of the molecule is NCc1c(Cl)cccc1OCc1ccncc1. The lowest BCUT2D eigenvalue weighted by molar-refractivity contribution is 0.303. The zero-order valence-electron chi connectivity index (χ0n) is 9.27. The third-order valence-electron chi connectivity index (χ3n) is 2.42. The third kappa shape index (κ3) is 2.96. The van der Waals surface area contributed by atoms with Gasteiger partial charge in [-0.1, -0.05) is 17.7 Å². The van der Waals surface area contributed by atoms with Gasteiger partial charge in [-0.25, -0.2) is 0 Å². The molecule has 2 rings (SSSR count). The highest BCUT2D eigenvalue weighted by atomic mass is 35.5. The summed E-state index contributed by atoms with van der Waals surface area (Å²) in [7, 11) is 0. The van der Waals surface area contributed by atoms with Gasteiger partial charge in [0.25, 0.3) is 0 Å². The van der Waals surface area contributed by atoms with Gasteiger partial charge in [-0.2, -0.15) is 0 Å². The summed E-state index contributed by atoms with van der Waals surface area (Å²) in [6.45, 7) is 0.848. The summed E-state index contributed by atoms with van der Waals surface area (Å²) in [6, 6.07) is 9.35. The molecular weight excluding hydrogens is 236 g/mol. The summed E-state index contributed by atoms with van der Waals surface area (Å²) < 4.78 is 5.70. The summed E-state index contributed by atoms with van der Waals surface area (Å²) in [6.07, 6.45) is 3.47. The zero-order chi connectivity index (χ0) is 12.1. The molecule has 0 aliphatic rings. The van der Waals surface area contributed by atoms with Gasteiger partial charge in [-0.3, -0.25) is 4.98 Å². The van der Waals surface area contributed by atoms with E-state index in [1.165, 1.54) is 0 Å². The van der Waals surface area contributed by atoms with E-state index in [1.807, 2.05) is 30.3 Å². The smallest absolute Gasteiger partial charge is 0.125 e. The highest BCUT2D eigenvalue weighted by Crippen LogP contribution is 2.26. The molecule has 0 fully saturated rings. The van der Waals surface area contributed by atoms with E-state index in [-0.39, 0.29) is 0 Å². The molecule has 17 heavy (non-hydrogen) atoms. The number of nitrogens with two attached hydrogens (primary N) is 1. The molecule has 4 heteroatoms. The van der Waals surface area contributed by atoms with Crippen LogP contribution in [0.1, 0.15) is 11.1 Å². The van der Waals surface area contributed by atoms with Crippen LogP contribution in [0.4, 0.5) is 0 Å². The minimum atomic E-state index is 0.366. The molecule has 0 spiro atoms. The normalized spacial score (nSPS) is 10.2. The molecule has 1 aromatic heterocycles. The summed E-state index contributed by atoms with van der Waals surface area (Å²) >= 11 is 6.04. The average molecular weight is 249 g/mol. The largest absolute Gasteiger partial charge is 0.489 e. The van der Waals surface area contributed by atoms with Crippen molar-refractivity contribution in [1.82, 2.24) is 4.98 Å². The Morgan fingerprint density at radius 2 is 1.94 bits per heavy atom. The lowest BCUT2D eigenvalue weighted by Gasteiger charge is -2.11. The van der Waals surface area contributed by atoms with Crippen molar-refractivity contribution in [1.29, 1.82) is 0 Å². The monoisotopic (exact) mass is 248 g/mol. The van der Waals surface area contributed by atoms with E-state index in [2.05, 4.69) is 4.98 Å². The first-order valence-corrected chi connectivity index (χ1v) is 5.68. The number of ether oxygens (including phenoxy) is 1. The molecule has 0 unspecified atom stereocenters. The van der Waals surface area contributed by atoms with Crippen molar-refractivity contribution in [2.75, 3.05) is 0 Å². The van der Waals surface area contributed by atoms with Crippen LogP contribution in [0.3, 0.4) is 0 Å². The van der Waals surface area contributed by atoms with E-state index in [0.29, 0.717) is 18.2 Å². The molecule has 0 aliphatic heterocycles. The maximum absolute atomic E-state index is 6.04. The quantitative estimate of drug-likeness (QED) is 0.905. The van der Waals surface area contributed by atoms with E-state index in [1.54, 1.807) is 12.4 Å². The topological polar surface area (TPSA) is 48.1 Å². The number of pyridine rings is 1. The van der Waals surface area contributed by atoms with E-state index < -0.39 is 0 Å². The van der Waals surface area contributed by atoms with Crippen molar-refractivity contribution in [2.45, 2.75) is 13.2 Å². The van der Waals surface area contributed by atoms with Gasteiger partial charge in [0.2, 0.25) is 0 Å². The molecule has 0 saturated heterocycles. The number of aromatic nitrogens is 1. The van der Waals surface area contributed by atoms with Gasteiger partial charge in [0, 0.05) is 29.5 Å². The minimum absolute atomic E-state index is 0.366. The van der Waals surface area contributed by atoms with Gasteiger partial charge in [-0.05, 0) is 29.8 Å². The number of benzene rings is 1. The molecule has 0 bridgehead atoms. The van der Waals surface area contributed by atoms with Crippen LogP contribution in [0.15, 0.2) is 42.7 Å². The first kappa shape index (κ1) is 11.9. The second-order valence-electron chi connectivity index (χ2n) is 3.56. The molecule has 0 amide bonds. The highest BCUT2D eigenvalue weighted by Gasteiger charge is 2.06. The average Bonchev–Trinajstić information content (AvgIpc) is 2.37. The van der Waals surface area contributed by atoms with Gasteiger partial charge < -0.3 is 10.5 Å². The van der Waals surface area contributed by atoms with Gasteiger partial charge in [-0.15, -0.1) is 0 Å². The Morgan fingerprint density at radius 3 is 2.65 bits per heavy atom. The minimum Gasteiger partial charge on any atom is -0.489 e. The van der Waals surface area contributed by atoms with Crippen molar-refractivity contribution in [3.05, 3.63) is 58.9 Å². The molecule has 1 heterocycles. The standard InChI is InChI=1S/C13H13ClN2O/c14-12-2-1-3-13(11(12)8-15)17-9-10-4-6-16-7-5-10/h1-7H,8-9,15H2. The van der Waals surface area contributed by atoms with E-state index in [0.717, 1.165) is 16.9 Å². The number of nitrogens with zero attached hydrogens (tertiary/aromatic N) is 1. The molecule has 2 aromatic rings. The van der Waals surface area contributed by atoms with Crippen LogP contribution in [-0.4, -0.2) is 4.98 Å². The number of hydrogen-bond donors (Lipinski definition) is 1. The predicted octanol–water partition coefficient (Wildman–Crippen LogP) is 2.77. The van der Waals surface area contributed by atoms with E-state index in [4.69, 9.17) is 22.1 Å². The first-order valence-electron chi connectivity index (χ1n) is 5.30. The van der Waals surface area contributed by atoms with Crippen LogP contribution in [0, 0.1) is 0 Å². The molecule has 0 saturated carbocycles. The van der Waals surface area contributed by atoms with Crippen molar-refractivity contribution in [2.24, 2.45) is 5.73 Å². The lowest BCUT2D eigenvalue weighted by Crippen LogP contribution is -2.03. The number of rotatable bonds is 4. The second-order valence-corrected chi connectivity index (χ2v) is 3.97. The number of hydrogen-bond acceptors (Lipinski definition) is 3. The van der Waals surface area contributed by atoms with Crippen LogP contribution in [0.2, 0.25) is 5.02 Å². The molecular formula is C13H13ClN2O. The van der Waals surface area contributed by atoms with Crippen molar-refractivity contribution < 1.29 is 4.74 Å². The van der Waals surface area contributed by atoms with Crippen molar-refractivity contribution in [3.63, 3.8) is 0 Å². The van der Waals surface area contributed by atoms with Gasteiger partial charge in [0.15, 0.2) is 0 Å². The highest BCUT2D eigenvalue weighted by molar-refractivity contribution is 6.31. The molecule has 0 aliphatic carbocycles. The van der Waals surface area contributed by atoms with E-state index in [9.17, 15) is 0 Å². The predicted molar refractivity (Wildman–Crippen MR) is 67.9 cm³/mol. The molecule has 88 valence electrons. The Morgan fingerprint density at radius 1 is 1.18 bits per heavy atom. The van der Waals surface area contributed by atoms with Crippen LogP contribution in [0.5, 0.6) is 5.75 Å². The first-order chi connectivity index (χ1) is 8.31. The fourth-order valence-corrected chi connectivity index (χ4v) is 1.76. The summed E-state index contributed by atoms with van der Waals surface area (Å²) in [5, 5.41) is 0.639. The third-order valence-corrected chi connectivity index (χ3v) is 2.78. The Labute approximate surface area is 105 Å². The Kier molecular flexibility index (Phi) is 3.96. The Hall–Kier alpha value is -1.58. The van der Waals surface area contributed by atoms with Crippen LogP contribution in [0.25, 0.3) is 0 Å². The van der Waals surface area contributed by atoms with Crippen LogP contribution < -0.4 is 10.5 Å². The van der Waals surface area contributed by atoms with Crippen LogP contribution >= 0.6 is 11.6 Å². The second kappa shape index (κ2) is 5.66. The number of halogens is 1. The van der Waals surface area contributed by atoms with Crippen molar-refractivity contribution in [3.8, 4) is 5.75 Å². The molecule has 2 N–H and O–H groups in total. The van der Waals surface area contributed by atoms with Crippen molar-refractivity contribution >= 4 is 11.6 Å². The molecule has 3 nitrogen and oxygen atoms in total. The zero-order valence-corrected chi connectivity index (χ0v) is 10.0. The van der Waals surface area contributed by atoms with Gasteiger partial charge in [0.1, 0.15) is 12.4 Å². The lowest BCUT2D eigenvalue weighted by atomic mass is 10.2. The van der Waals surface area contributed by atoms with Crippen LogP contribution in [-0.2, 0) is 13.2 Å². The molecule has 0 atom stereocenters. The summed E-state index contributed by atoms with van der Waals surface area (Å²) in [5.41, 5.74) is 7.54. The summed E-state index contributed by atoms with van der Waals surface area (Å²) in [4.78, 5) is 3.95. The maximum Gasteiger partial charge on any atom is 0.125 e.